The second-order valence-electron chi connectivity index (χ2n) is 5.56. The molecule has 0 amide bonds. The van der Waals surface area contributed by atoms with Crippen LogP contribution in [0.15, 0.2) is 24.3 Å². The largest absolute Gasteiger partial charge is 0.316 e. The molecule has 1 atom stereocenters. The van der Waals surface area contributed by atoms with Gasteiger partial charge in [-0.05, 0) is 49.8 Å². The van der Waals surface area contributed by atoms with Crippen LogP contribution >= 0.6 is 0 Å². The van der Waals surface area contributed by atoms with Crippen molar-refractivity contribution < 1.29 is 4.39 Å². The standard InChI is InChI=1S/C16H24FN/c1-3-16(10-6-7-11-16)15(18-2)12-13-8-4-5-9-14(13)17/h4-5,8-9,15,18H,3,6-7,10-12H2,1-2H3. The Bertz CT molecular complexity index is 382. The normalized spacial score (nSPS) is 19.9. The molecule has 1 N–H and O–H groups in total. The highest BCUT2D eigenvalue weighted by atomic mass is 19.1. The zero-order valence-electron chi connectivity index (χ0n) is 11.5. The number of likely N-dealkylation sites (N-methyl/N-ethyl adjacent to an activating group) is 1. The van der Waals surface area contributed by atoms with Crippen LogP contribution in [0.25, 0.3) is 0 Å². The first kappa shape index (κ1) is 13.5. The van der Waals surface area contributed by atoms with Crippen LogP contribution < -0.4 is 5.32 Å². The molecule has 1 saturated carbocycles. The zero-order valence-corrected chi connectivity index (χ0v) is 11.5. The van der Waals surface area contributed by atoms with Crippen LogP contribution in [0.5, 0.6) is 0 Å². The maximum Gasteiger partial charge on any atom is 0.126 e. The van der Waals surface area contributed by atoms with E-state index in [4.69, 9.17) is 0 Å². The molecular formula is C16H24FN. The molecule has 0 radical (unpaired) electrons. The Morgan fingerprint density at radius 3 is 2.50 bits per heavy atom. The predicted octanol–water partition coefficient (Wildman–Crippen LogP) is 3.93. The summed E-state index contributed by atoms with van der Waals surface area (Å²) in [6.45, 7) is 2.27. The lowest BCUT2D eigenvalue weighted by Gasteiger charge is -2.37. The molecule has 1 aliphatic rings. The van der Waals surface area contributed by atoms with E-state index in [1.54, 1.807) is 12.1 Å². The van der Waals surface area contributed by atoms with Crippen LogP contribution in [0.1, 0.15) is 44.6 Å². The molecule has 1 aliphatic carbocycles. The van der Waals surface area contributed by atoms with E-state index in [1.807, 2.05) is 19.2 Å². The van der Waals surface area contributed by atoms with Crippen molar-refractivity contribution in [1.82, 2.24) is 5.32 Å². The molecule has 0 aromatic heterocycles. The van der Waals surface area contributed by atoms with Crippen LogP contribution in [0, 0.1) is 11.2 Å². The molecule has 0 bridgehead atoms. The van der Waals surface area contributed by atoms with Gasteiger partial charge in [0, 0.05) is 6.04 Å². The first-order valence-electron chi connectivity index (χ1n) is 7.12. The minimum Gasteiger partial charge on any atom is -0.316 e. The molecule has 0 saturated heterocycles. The maximum atomic E-state index is 13.8. The monoisotopic (exact) mass is 249 g/mol. The van der Waals surface area contributed by atoms with Crippen LogP contribution in [0.3, 0.4) is 0 Å². The highest BCUT2D eigenvalue weighted by Crippen LogP contribution is 2.44. The minimum absolute atomic E-state index is 0.0676. The molecule has 2 rings (SSSR count). The van der Waals surface area contributed by atoms with Gasteiger partial charge in [-0.25, -0.2) is 4.39 Å². The van der Waals surface area contributed by atoms with E-state index < -0.39 is 0 Å². The Hall–Kier alpha value is -0.890. The number of halogens is 1. The van der Waals surface area contributed by atoms with Crippen LogP contribution in [-0.2, 0) is 6.42 Å². The van der Waals surface area contributed by atoms with Crippen molar-refractivity contribution in [2.24, 2.45) is 5.41 Å². The Morgan fingerprint density at radius 1 is 1.28 bits per heavy atom. The van der Waals surface area contributed by atoms with E-state index in [2.05, 4.69) is 12.2 Å². The molecule has 1 nitrogen and oxygen atoms in total. The highest BCUT2D eigenvalue weighted by molar-refractivity contribution is 5.19. The van der Waals surface area contributed by atoms with Gasteiger partial charge in [0.05, 0.1) is 0 Å². The lowest BCUT2D eigenvalue weighted by atomic mass is 9.74. The summed E-state index contributed by atoms with van der Waals surface area (Å²) in [7, 11) is 2.02. The van der Waals surface area contributed by atoms with Gasteiger partial charge in [0.2, 0.25) is 0 Å². The van der Waals surface area contributed by atoms with Gasteiger partial charge in [0.15, 0.2) is 0 Å². The fraction of sp³-hybridized carbons (Fsp3) is 0.625. The average molecular weight is 249 g/mol. The van der Waals surface area contributed by atoms with E-state index in [1.165, 1.54) is 32.1 Å². The molecule has 2 heteroatoms. The van der Waals surface area contributed by atoms with Gasteiger partial charge < -0.3 is 5.32 Å². The van der Waals surface area contributed by atoms with Crippen molar-refractivity contribution in [2.45, 2.75) is 51.5 Å². The van der Waals surface area contributed by atoms with Gasteiger partial charge in [0.1, 0.15) is 5.82 Å². The minimum atomic E-state index is -0.0676. The van der Waals surface area contributed by atoms with Crippen molar-refractivity contribution in [2.75, 3.05) is 7.05 Å². The fourth-order valence-corrected chi connectivity index (χ4v) is 3.54. The number of benzene rings is 1. The van der Waals surface area contributed by atoms with Gasteiger partial charge in [-0.3, -0.25) is 0 Å². The lowest BCUT2D eigenvalue weighted by molar-refractivity contribution is 0.191. The fourth-order valence-electron chi connectivity index (χ4n) is 3.54. The summed E-state index contributed by atoms with van der Waals surface area (Å²) in [5.41, 5.74) is 1.22. The second kappa shape index (κ2) is 5.83. The van der Waals surface area contributed by atoms with Gasteiger partial charge >= 0.3 is 0 Å². The van der Waals surface area contributed by atoms with Crippen LogP contribution in [-0.4, -0.2) is 13.1 Å². The predicted molar refractivity (Wildman–Crippen MR) is 74.1 cm³/mol. The Labute approximate surface area is 110 Å². The number of hydrogen-bond acceptors (Lipinski definition) is 1. The third kappa shape index (κ3) is 2.59. The molecule has 100 valence electrons. The molecule has 18 heavy (non-hydrogen) atoms. The zero-order chi connectivity index (χ0) is 13.0. The SMILES string of the molecule is CCC1(C(Cc2ccccc2F)NC)CCCC1. The van der Waals surface area contributed by atoms with E-state index >= 15 is 0 Å². The second-order valence-corrected chi connectivity index (χ2v) is 5.56. The number of nitrogens with one attached hydrogen (secondary N) is 1. The lowest BCUT2D eigenvalue weighted by Crippen LogP contribution is -2.43. The summed E-state index contributed by atoms with van der Waals surface area (Å²) < 4.78 is 13.8. The third-order valence-electron chi connectivity index (χ3n) is 4.77. The van der Waals surface area contributed by atoms with Crippen molar-refractivity contribution >= 4 is 0 Å². The third-order valence-corrected chi connectivity index (χ3v) is 4.77. The summed E-state index contributed by atoms with van der Waals surface area (Å²) in [5, 5.41) is 3.44. The molecule has 0 heterocycles. The topological polar surface area (TPSA) is 12.0 Å². The molecule has 1 fully saturated rings. The van der Waals surface area contributed by atoms with Crippen molar-refractivity contribution in [3.63, 3.8) is 0 Å². The first-order valence-corrected chi connectivity index (χ1v) is 7.12. The van der Waals surface area contributed by atoms with Gasteiger partial charge in [-0.1, -0.05) is 38.0 Å². The number of rotatable bonds is 5. The average Bonchev–Trinajstić information content (AvgIpc) is 2.88. The Kier molecular flexibility index (Phi) is 4.39. The van der Waals surface area contributed by atoms with Crippen molar-refractivity contribution in [3.05, 3.63) is 35.6 Å². The van der Waals surface area contributed by atoms with E-state index in [-0.39, 0.29) is 5.82 Å². The summed E-state index contributed by atoms with van der Waals surface area (Å²) in [6.07, 6.45) is 7.20. The molecule has 1 aromatic rings. The summed E-state index contributed by atoms with van der Waals surface area (Å²) in [6, 6.07) is 7.56. The van der Waals surface area contributed by atoms with E-state index in [0.717, 1.165) is 12.0 Å². The van der Waals surface area contributed by atoms with E-state index in [0.29, 0.717) is 11.5 Å². The molecule has 0 aliphatic heterocycles. The summed E-state index contributed by atoms with van der Waals surface area (Å²) in [5.74, 6) is -0.0676. The van der Waals surface area contributed by atoms with Crippen LogP contribution in [0.4, 0.5) is 4.39 Å². The quantitative estimate of drug-likeness (QED) is 0.834. The summed E-state index contributed by atoms with van der Waals surface area (Å²) in [4.78, 5) is 0. The smallest absolute Gasteiger partial charge is 0.126 e. The first-order chi connectivity index (χ1) is 8.72. The molecule has 0 spiro atoms. The maximum absolute atomic E-state index is 13.8. The highest BCUT2D eigenvalue weighted by Gasteiger charge is 2.39. The van der Waals surface area contributed by atoms with Crippen molar-refractivity contribution in [1.29, 1.82) is 0 Å². The number of hydrogen-bond donors (Lipinski definition) is 1. The Morgan fingerprint density at radius 2 is 1.94 bits per heavy atom. The van der Waals surface area contributed by atoms with Gasteiger partial charge in [-0.15, -0.1) is 0 Å². The summed E-state index contributed by atoms with van der Waals surface area (Å²) >= 11 is 0. The molecule has 1 aromatic carbocycles. The van der Waals surface area contributed by atoms with Gasteiger partial charge in [-0.2, -0.15) is 0 Å². The van der Waals surface area contributed by atoms with Crippen molar-refractivity contribution in [3.8, 4) is 0 Å². The van der Waals surface area contributed by atoms with Crippen LogP contribution in [0.2, 0.25) is 0 Å². The van der Waals surface area contributed by atoms with E-state index in [9.17, 15) is 4.39 Å². The molecule has 1 unspecified atom stereocenters. The molecular weight excluding hydrogens is 225 g/mol. The van der Waals surface area contributed by atoms with Gasteiger partial charge in [0.25, 0.3) is 0 Å². The Balaban J connectivity index is 2.16.